The van der Waals surface area contributed by atoms with Crippen molar-refractivity contribution in [1.29, 1.82) is 5.26 Å². The molecule has 1 amide bonds. The Bertz CT molecular complexity index is 751. The molecule has 2 atom stereocenters. The Morgan fingerprint density at radius 3 is 2.78 bits per heavy atom. The van der Waals surface area contributed by atoms with Gasteiger partial charge >= 0.3 is 6.09 Å². The summed E-state index contributed by atoms with van der Waals surface area (Å²) < 4.78 is 5.28. The second-order valence-corrected chi connectivity index (χ2v) is 7.84. The summed E-state index contributed by atoms with van der Waals surface area (Å²) in [5.41, 5.74) is 0.0410. The molecule has 1 saturated heterocycles. The molecule has 0 aliphatic carbocycles. The first-order chi connectivity index (χ1) is 12.6. The molecule has 1 aromatic rings. The molecule has 1 heterocycles. The minimum atomic E-state index is -0.589. The summed E-state index contributed by atoms with van der Waals surface area (Å²) in [5.74, 6) is 0.240. The summed E-state index contributed by atoms with van der Waals surface area (Å²) >= 11 is 0. The van der Waals surface area contributed by atoms with Gasteiger partial charge in [-0.3, -0.25) is 10.1 Å². The maximum absolute atomic E-state index is 12.0. The number of amides is 1. The van der Waals surface area contributed by atoms with Crippen molar-refractivity contribution in [1.82, 2.24) is 5.32 Å². The van der Waals surface area contributed by atoms with Crippen molar-refractivity contribution in [3.63, 3.8) is 0 Å². The average Bonchev–Trinajstić information content (AvgIpc) is 2.58. The van der Waals surface area contributed by atoms with E-state index < -0.39 is 16.6 Å². The molecular formula is C19H26N4O4. The molecule has 2 unspecified atom stereocenters. The van der Waals surface area contributed by atoms with E-state index in [1.165, 1.54) is 6.07 Å². The van der Waals surface area contributed by atoms with Gasteiger partial charge in [0.1, 0.15) is 11.3 Å². The number of anilines is 1. The van der Waals surface area contributed by atoms with Gasteiger partial charge in [-0.1, -0.05) is 6.92 Å². The summed E-state index contributed by atoms with van der Waals surface area (Å²) in [4.78, 5) is 25.0. The predicted octanol–water partition coefficient (Wildman–Crippen LogP) is 3.60. The van der Waals surface area contributed by atoms with E-state index in [0.29, 0.717) is 18.8 Å². The molecule has 1 N–H and O–H groups in total. The lowest BCUT2D eigenvalue weighted by Crippen LogP contribution is -2.51. The molecule has 0 spiro atoms. The third-order valence-electron chi connectivity index (χ3n) is 4.58. The second-order valence-electron chi connectivity index (χ2n) is 7.84. The van der Waals surface area contributed by atoms with Crippen LogP contribution in [0.15, 0.2) is 18.2 Å². The molecule has 1 aromatic carbocycles. The van der Waals surface area contributed by atoms with Crippen molar-refractivity contribution in [2.24, 2.45) is 5.92 Å². The number of nitro groups is 1. The summed E-state index contributed by atoms with van der Waals surface area (Å²) in [6, 6.07) is 6.34. The van der Waals surface area contributed by atoms with E-state index in [1.807, 2.05) is 11.0 Å². The van der Waals surface area contributed by atoms with Gasteiger partial charge in [-0.2, -0.15) is 5.26 Å². The number of nitro benzene ring substituents is 1. The minimum Gasteiger partial charge on any atom is -0.444 e. The van der Waals surface area contributed by atoms with Crippen molar-refractivity contribution >= 4 is 17.5 Å². The highest BCUT2D eigenvalue weighted by Crippen LogP contribution is 2.35. The van der Waals surface area contributed by atoms with Gasteiger partial charge < -0.3 is 15.0 Å². The predicted molar refractivity (Wildman–Crippen MR) is 102 cm³/mol. The molecule has 1 aliphatic rings. The Labute approximate surface area is 159 Å². The van der Waals surface area contributed by atoms with Gasteiger partial charge in [-0.15, -0.1) is 0 Å². The van der Waals surface area contributed by atoms with Crippen molar-refractivity contribution in [2.75, 3.05) is 18.0 Å². The van der Waals surface area contributed by atoms with Gasteiger partial charge in [0.25, 0.3) is 5.69 Å². The number of carbonyl (C=O) groups is 1. The molecule has 8 nitrogen and oxygen atoms in total. The number of benzene rings is 1. The molecule has 0 bridgehead atoms. The Kier molecular flexibility index (Phi) is 6.26. The maximum Gasteiger partial charge on any atom is 0.407 e. The number of nitriles is 1. The monoisotopic (exact) mass is 374 g/mol. The molecule has 0 aromatic heterocycles. The standard InChI is InChI=1S/C19H26N4O4/c1-13-6-5-9-22(17(13)12-21-18(24)27-19(2,3)4)15-8-7-14(11-20)10-16(15)23(25)26/h7-8,10,13,17H,5-6,9,12H2,1-4H3,(H,21,24). The summed E-state index contributed by atoms with van der Waals surface area (Å²) in [7, 11) is 0. The molecule has 2 rings (SSSR count). The number of nitrogens with zero attached hydrogens (tertiary/aromatic N) is 3. The molecule has 8 heteroatoms. The molecule has 0 saturated carbocycles. The number of piperidine rings is 1. The van der Waals surface area contributed by atoms with Crippen LogP contribution in [0, 0.1) is 27.4 Å². The average molecular weight is 374 g/mol. The Morgan fingerprint density at radius 1 is 1.48 bits per heavy atom. The fraction of sp³-hybridized carbons (Fsp3) is 0.579. The van der Waals surface area contributed by atoms with Crippen LogP contribution in [0.2, 0.25) is 0 Å². The Hall–Kier alpha value is -2.82. The Morgan fingerprint density at radius 2 is 2.19 bits per heavy atom. The lowest BCUT2D eigenvalue weighted by Gasteiger charge is -2.41. The van der Waals surface area contributed by atoms with Crippen LogP contribution in [-0.4, -0.2) is 35.7 Å². The van der Waals surface area contributed by atoms with Crippen LogP contribution in [0.25, 0.3) is 0 Å². The quantitative estimate of drug-likeness (QED) is 0.637. The highest BCUT2D eigenvalue weighted by atomic mass is 16.6. The zero-order valence-electron chi connectivity index (χ0n) is 16.2. The van der Waals surface area contributed by atoms with Gasteiger partial charge in [-0.25, -0.2) is 4.79 Å². The second kappa shape index (κ2) is 8.25. The number of carbonyl (C=O) groups excluding carboxylic acids is 1. The van der Waals surface area contributed by atoms with E-state index in [9.17, 15) is 14.9 Å². The minimum absolute atomic E-state index is 0.0922. The molecule has 0 radical (unpaired) electrons. The van der Waals surface area contributed by atoms with Crippen LogP contribution < -0.4 is 10.2 Å². The van der Waals surface area contributed by atoms with Crippen molar-refractivity contribution < 1.29 is 14.5 Å². The van der Waals surface area contributed by atoms with Crippen LogP contribution in [0.5, 0.6) is 0 Å². The number of alkyl carbamates (subject to hydrolysis) is 1. The third kappa shape index (κ3) is 5.33. The number of rotatable bonds is 4. The van der Waals surface area contributed by atoms with Gasteiger partial charge in [0, 0.05) is 25.2 Å². The van der Waals surface area contributed by atoms with Crippen LogP contribution in [0.1, 0.15) is 46.1 Å². The molecule has 1 fully saturated rings. The number of ether oxygens (including phenoxy) is 1. The van der Waals surface area contributed by atoms with Gasteiger partial charge in [0.15, 0.2) is 0 Å². The fourth-order valence-corrected chi connectivity index (χ4v) is 3.34. The van der Waals surface area contributed by atoms with Gasteiger partial charge in [0.2, 0.25) is 0 Å². The van der Waals surface area contributed by atoms with Gasteiger partial charge in [0.05, 0.1) is 16.6 Å². The van der Waals surface area contributed by atoms with E-state index in [2.05, 4.69) is 12.2 Å². The summed E-state index contributed by atoms with van der Waals surface area (Å²) in [6.45, 7) is 8.43. The lowest BCUT2D eigenvalue weighted by atomic mass is 9.90. The van der Waals surface area contributed by atoms with E-state index >= 15 is 0 Å². The SMILES string of the molecule is CC1CCCN(c2ccc(C#N)cc2[N+](=O)[O-])C1CNC(=O)OC(C)(C)C. The topological polar surface area (TPSA) is 109 Å². The van der Waals surface area contributed by atoms with E-state index in [1.54, 1.807) is 32.9 Å². The van der Waals surface area contributed by atoms with Crippen LogP contribution >= 0.6 is 0 Å². The van der Waals surface area contributed by atoms with E-state index in [-0.39, 0.29) is 23.2 Å². The largest absolute Gasteiger partial charge is 0.444 e. The zero-order valence-corrected chi connectivity index (χ0v) is 16.2. The normalized spacial score (nSPS) is 19.9. The molecule has 27 heavy (non-hydrogen) atoms. The van der Waals surface area contributed by atoms with Gasteiger partial charge in [-0.05, 0) is 51.7 Å². The van der Waals surface area contributed by atoms with E-state index in [0.717, 1.165) is 12.8 Å². The third-order valence-corrected chi connectivity index (χ3v) is 4.58. The summed E-state index contributed by atoms with van der Waals surface area (Å²) in [5, 5.41) is 23.3. The van der Waals surface area contributed by atoms with Crippen LogP contribution in [0.4, 0.5) is 16.2 Å². The molecule has 146 valence electrons. The van der Waals surface area contributed by atoms with E-state index in [4.69, 9.17) is 10.00 Å². The molecular weight excluding hydrogens is 348 g/mol. The first-order valence-electron chi connectivity index (χ1n) is 9.04. The van der Waals surface area contributed by atoms with Crippen molar-refractivity contribution in [2.45, 2.75) is 52.2 Å². The zero-order chi connectivity index (χ0) is 20.2. The van der Waals surface area contributed by atoms with Crippen molar-refractivity contribution in [3.05, 3.63) is 33.9 Å². The Balaban J connectivity index is 2.25. The highest BCUT2D eigenvalue weighted by molar-refractivity contribution is 5.69. The smallest absolute Gasteiger partial charge is 0.407 e. The maximum atomic E-state index is 12.0. The summed E-state index contributed by atoms with van der Waals surface area (Å²) in [6.07, 6.45) is 1.37. The lowest BCUT2D eigenvalue weighted by molar-refractivity contribution is -0.384. The molecule has 1 aliphatic heterocycles. The first-order valence-corrected chi connectivity index (χ1v) is 9.04. The van der Waals surface area contributed by atoms with Crippen molar-refractivity contribution in [3.8, 4) is 6.07 Å². The number of nitrogens with one attached hydrogen (secondary N) is 1. The fourth-order valence-electron chi connectivity index (χ4n) is 3.34. The highest BCUT2D eigenvalue weighted by Gasteiger charge is 2.33. The van der Waals surface area contributed by atoms with Crippen LogP contribution in [0.3, 0.4) is 0 Å². The first kappa shape index (κ1) is 20.5. The number of hydrogen-bond donors (Lipinski definition) is 1. The number of hydrogen-bond acceptors (Lipinski definition) is 6. The van der Waals surface area contributed by atoms with Crippen LogP contribution in [-0.2, 0) is 4.74 Å².